The molecule has 186 valence electrons. The molecule has 5 rings (SSSR count). The van der Waals surface area contributed by atoms with Crippen LogP contribution in [0.5, 0.6) is 5.75 Å². The van der Waals surface area contributed by atoms with Gasteiger partial charge in [-0.25, -0.2) is 4.99 Å². The number of likely N-dealkylation sites (tertiary alicyclic amines) is 1. The maximum Gasteiger partial charge on any atom is 0.261 e. The number of aliphatic hydroxyl groups is 1. The lowest BCUT2D eigenvalue weighted by atomic mass is 9.87. The Hall–Kier alpha value is -3.17. The Balaban J connectivity index is 1.45. The smallest absolute Gasteiger partial charge is 0.261 e. The second-order valence-corrected chi connectivity index (χ2v) is 10.00. The summed E-state index contributed by atoms with van der Waals surface area (Å²) in [6.07, 6.45) is 10.6. The number of nitrogens with one attached hydrogen (secondary N) is 3. The molecule has 2 fully saturated rings. The molecule has 0 aromatic heterocycles. The van der Waals surface area contributed by atoms with Crippen LogP contribution in [0, 0.1) is 11.3 Å². The summed E-state index contributed by atoms with van der Waals surface area (Å²) in [6, 6.07) is 4.13. The predicted octanol–water partition coefficient (Wildman–Crippen LogP) is 2.28. The van der Waals surface area contributed by atoms with Crippen LogP contribution in [0.3, 0.4) is 0 Å². The topological polar surface area (TPSA) is 113 Å². The molecule has 1 aromatic rings. The maximum atomic E-state index is 13.3. The van der Waals surface area contributed by atoms with Crippen LogP contribution >= 0.6 is 0 Å². The van der Waals surface area contributed by atoms with E-state index in [0.29, 0.717) is 11.7 Å². The number of aliphatic hydroxyl groups excluding tert-OH is 1. The Morgan fingerprint density at radius 2 is 2.09 bits per heavy atom. The standard InChI is InChI=1S/C26H34N6O3/c1-31-11-5-26(6-12-31)15-19-13-21(30-25(34)20(16-27)24-28-7-2-8-29-24)22(14-23(19)35-26)32-9-3-18(17-33)4-10-32/h2,7-8,13-14,16,18,27-28,33H,3-6,9-12,15,17H2,1H3,(H,30,34)/b24-20-,27-16?. The number of nitrogens with zero attached hydrogens (tertiary/aromatic N) is 3. The molecular formula is C26H34N6O3. The molecule has 0 saturated carbocycles. The van der Waals surface area contributed by atoms with E-state index in [1.54, 1.807) is 18.5 Å². The second kappa shape index (κ2) is 9.83. The van der Waals surface area contributed by atoms with Gasteiger partial charge in [-0.15, -0.1) is 0 Å². The molecule has 9 nitrogen and oxygen atoms in total. The minimum absolute atomic E-state index is 0.166. The lowest BCUT2D eigenvalue weighted by molar-refractivity contribution is -0.112. The Kier molecular flexibility index (Phi) is 6.62. The zero-order chi connectivity index (χ0) is 24.4. The van der Waals surface area contributed by atoms with Gasteiger partial charge < -0.3 is 35.7 Å². The number of fused-ring (bicyclic) bond motifs is 1. The number of hydrogen-bond acceptors (Lipinski definition) is 8. The zero-order valence-corrected chi connectivity index (χ0v) is 20.2. The number of benzene rings is 1. The Morgan fingerprint density at radius 1 is 1.31 bits per heavy atom. The lowest BCUT2D eigenvalue weighted by Crippen LogP contribution is -2.45. The molecule has 1 spiro atoms. The van der Waals surface area contributed by atoms with E-state index < -0.39 is 0 Å². The van der Waals surface area contributed by atoms with Crippen LogP contribution in [-0.4, -0.2) is 73.8 Å². The summed E-state index contributed by atoms with van der Waals surface area (Å²) in [5, 5.41) is 23.4. The molecular weight excluding hydrogens is 444 g/mol. The number of piperidine rings is 2. The van der Waals surface area contributed by atoms with Gasteiger partial charge in [-0.05, 0) is 37.9 Å². The third-order valence-corrected chi connectivity index (χ3v) is 7.63. The molecule has 4 aliphatic heterocycles. The lowest BCUT2D eigenvalue weighted by Gasteiger charge is -2.37. The van der Waals surface area contributed by atoms with Gasteiger partial charge in [-0.3, -0.25) is 4.79 Å². The van der Waals surface area contributed by atoms with Crippen molar-refractivity contribution in [2.75, 3.05) is 50.1 Å². The molecule has 1 amide bonds. The summed E-state index contributed by atoms with van der Waals surface area (Å²) in [6.45, 7) is 3.84. The van der Waals surface area contributed by atoms with Gasteiger partial charge in [0.2, 0.25) is 0 Å². The van der Waals surface area contributed by atoms with Crippen LogP contribution in [-0.2, 0) is 11.2 Å². The van der Waals surface area contributed by atoms with Gasteiger partial charge in [-0.1, -0.05) is 0 Å². The van der Waals surface area contributed by atoms with Gasteiger partial charge in [0.25, 0.3) is 5.91 Å². The molecule has 4 heterocycles. The monoisotopic (exact) mass is 478 g/mol. The number of hydrogen-bond donors (Lipinski definition) is 4. The predicted molar refractivity (Wildman–Crippen MR) is 137 cm³/mol. The van der Waals surface area contributed by atoms with Crippen molar-refractivity contribution in [3.63, 3.8) is 0 Å². The van der Waals surface area contributed by atoms with Crippen LogP contribution in [0.1, 0.15) is 31.2 Å². The van der Waals surface area contributed by atoms with Crippen LogP contribution < -0.4 is 20.3 Å². The summed E-state index contributed by atoms with van der Waals surface area (Å²) in [5.41, 5.74) is 2.75. The Labute approximate surface area is 206 Å². The highest BCUT2D eigenvalue weighted by molar-refractivity contribution is 6.18. The molecule has 0 aliphatic carbocycles. The van der Waals surface area contributed by atoms with Crippen molar-refractivity contribution in [1.29, 1.82) is 5.41 Å². The van der Waals surface area contributed by atoms with E-state index in [0.717, 1.165) is 87.2 Å². The van der Waals surface area contributed by atoms with E-state index in [1.807, 2.05) is 0 Å². The Bertz CT molecular complexity index is 1080. The van der Waals surface area contributed by atoms with E-state index in [2.05, 4.69) is 44.6 Å². The average molecular weight is 479 g/mol. The molecule has 2 saturated heterocycles. The van der Waals surface area contributed by atoms with Crippen LogP contribution in [0.25, 0.3) is 0 Å². The summed E-state index contributed by atoms with van der Waals surface area (Å²) in [4.78, 5) is 22.1. The van der Waals surface area contributed by atoms with Crippen molar-refractivity contribution < 1.29 is 14.6 Å². The maximum absolute atomic E-state index is 13.3. The van der Waals surface area contributed by atoms with Gasteiger partial charge >= 0.3 is 0 Å². The van der Waals surface area contributed by atoms with Gasteiger partial charge in [0.1, 0.15) is 17.2 Å². The van der Waals surface area contributed by atoms with Crippen molar-refractivity contribution in [3.8, 4) is 5.75 Å². The Morgan fingerprint density at radius 3 is 2.74 bits per heavy atom. The van der Waals surface area contributed by atoms with Crippen LogP contribution in [0.15, 0.2) is 40.8 Å². The summed E-state index contributed by atoms with van der Waals surface area (Å²) in [5.74, 6) is 1.19. The first kappa shape index (κ1) is 23.6. The van der Waals surface area contributed by atoms with Crippen molar-refractivity contribution in [2.24, 2.45) is 10.9 Å². The first-order valence-corrected chi connectivity index (χ1v) is 12.4. The molecule has 4 aliphatic rings. The molecule has 35 heavy (non-hydrogen) atoms. The van der Waals surface area contributed by atoms with Gasteiger partial charge in [0, 0.05) is 82.3 Å². The van der Waals surface area contributed by atoms with Crippen molar-refractivity contribution in [3.05, 3.63) is 41.4 Å². The number of ether oxygens (including phenoxy) is 1. The molecule has 9 heteroatoms. The van der Waals surface area contributed by atoms with Crippen molar-refractivity contribution in [2.45, 2.75) is 37.7 Å². The summed E-state index contributed by atoms with van der Waals surface area (Å²) >= 11 is 0. The fraction of sp³-hybridized carbons (Fsp3) is 0.500. The number of anilines is 2. The molecule has 0 radical (unpaired) electrons. The first-order valence-electron chi connectivity index (χ1n) is 12.4. The quantitative estimate of drug-likeness (QED) is 0.382. The first-order chi connectivity index (χ1) is 17.0. The summed E-state index contributed by atoms with van der Waals surface area (Å²) < 4.78 is 6.59. The van der Waals surface area contributed by atoms with Crippen LogP contribution in [0.4, 0.5) is 11.4 Å². The van der Waals surface area contributed by atoms with E-state index in [9.17, 15) is 9.90 Å². The molecule has 1 aromatic carbocycles. The van der Waals surface area contributed by atoms with E-state index in [4.69, 9.17) is 10.1 Å². The zero-order valence-electron chi connectivity index (χ0n) is 20.2. The number of aliphatic imine (C=N–C) groups is 1. The highest BCUT2D eigenvalue weighted by Crippen LogP contribution is 2.45. The largest absolute Gasteiger partial charge is 0.486 e. The second-order valence-electron chi connectivity index (χ2n) is 10.00. The third-order valence-electron chi connectivity index (χ3n) is 7.63. The number of carbonyl (C=O) groups is 1. The van der Waals surface area contributed by atoms with Crippen LogP contribution in [0.2, 0.25) is 0 Å². The fourth-order valence-corrected chi connectivity index (χ4v) is 5.39. The molecule has 0 atom stereocenters. The minimum Gasteiger partial charge on any atom is -0.486 e. The summed E-state index contributed by atoms with van der Waals surface area (Å²) in [7, 11) is 2.15. The average Bonchev–Trinajstić information content (AvgIpc) is 3.23. The number of rotatable bonds is 5. The molecule has 4 N–H and O–H groups in total. The SMILES string of the molecule is CN1CCC2(CC1)Cc1cc(NC(=O)/C(C=N)=C3\N=CC=CN3)c(N3CCC(CO)CC3)cc1O2. The fourth-order valence-electron chi connectivity index (χ4n) is 5.39. The highest BCUT2D eigenvalue weighted by atomic mass is 16.5. The van der Waals surface area contributed by atoms with E-state index in [1.165, 1.54) is 0 Å². The van der Waals surface area contributed by atoms with E-state index >= 15 is 0 Å². The van der Waals surface area contributed by atoms with Crippen molar-refractivity contribution in [1.82, 2.24) is 10.2 Å². The number of amides is 1. The number of allylic oxidation sites excluding steroid dienone is 1. The third kappa shape index (κ3) is 4.83. The normalized spacial score (nSPS) is 23.0. The van der Waals surface area contributed by atoms with Gasteiger partial charge in [0.15, 0.2) is 0 Å². The molecule has 0 bridgehead atoms. The van der Waals surface area contributed by atoms with Gasteiger partial charge in [-0.2, -0.15) is 0 Å². The minimum atomic E-state index is -0.380. The van der Waals surface area contributed by atoms with Crippen molar-refractivity contribution >= 4 is 29.7 Å². The molecule has 0 unspecified atom stereocenters. The van der Waals surface area contributed by atoms with E-state index in [-0.39, 0.29) is 23.7 Å². The number of carbonyl (C=O) groups excluding carboxylic acids is 1. The highest BCUT2D eigenvalue weighted by Gasteiger charge is 2.42. The van der Waals surface area contributed by atoms with Gasteiger partial charge in [0.05, 0.1) is 16.9 Å².